The number of nitrogens with zero attached hydrogens (tertiary/aromatic N) is 2. The number of halogens is 1. The minimum Gasteiger partial charge on any atom is -0.478 e. The Morgan fingerprint density at radius 1 is 1.16 bits per heavy atom. The van der Waals surface area contributed by atoms with E-state index in [1.54, 1.807) is 6.07 Å². The summed E-state index contributed by atoms with van der Waals surface area (Å²) in [5, 5.41) is 11.5. The Hall–Kier alpha value is -2.28. The third-order valence-electron chi connectivity index (χ3n) is 2.28. The highest BCUT2D eigenvalue weighted by atomic mass is 79.9. The summed E-state index contributed by atoms with van der Waals surface area (Å²) in [4.78, 5) is 30.2. The molecule has 2 N–H and O–H groups in total. The van der Waals surface area contributed by atoms with Crippen LogP contribution in [-0.2, 0) is 0 Å². The molecule has 7 heteroatoms. The van der Waals surface area contributed by atoms with Gasteiger partial charge in [0.2, 0.25) is 0 Å². The number of hydrogen-bond acceptors (Lipinski definition) is 4. The van der Waals surface area contributed by atoms with Crippen molar-refractivity contribution in [2.75, 3.05) is 5.32 Å². The van der Waals surface area contributed by atoms with Gasteiger partial charge in [-0.3, -0.25) is 4.79 Å². The average Bonchev–Trinajstić information content (AvgIpc) is 2.42. The highest BCUT2D eigenvalue weighted by molar-refractivity contribution is 9.10. The normalized spacial score (nSPS) is 9.95. The lowest BCUT2D eigenvalue weighted by Gasteiger charge is -2.08. The topological polar surface area (TPSA) is 92.2 Å². The van der Waals surface area contributed by atoms with Crippen molar-refractivity contribution in [1.29, 1.82) is 0 Å². The fraction of sp³-hybridized carbons (Fsp3) is 0. The highest BCUT2D eigenvalue weighted by Crippen LogP contribution is 2.24. The molecule has 0 fully saturated rings. The molecular formula is C12H8BrN3O3. The second-order valence-electron chi connectivity index (χ2n) is 3.58. The molecule has 0 saturated heterocycles. The van der Waals surface area contributed by atoms with Gasteiger partial charge in [-0.2, -0.15) is 0 Å². The Balaban J connectivity index is 2.26. The van der Waals surface area contributed by atoms with Crippen molar-refractivity contribution in [3.63, 3.8) is 0 Å². The molecule has 0 spiro atoms. The standard InChI is InChI=1S/C12H8BrN3O3/c13-9-2-1-7(12(18)19)3-10(9)16-11(17)8-4-14-6-15-5-8/h1-6H,(H,16,17)(H,18,19). The first-order valence-electron chi connectivity index (χ1n) is 5.17. The van der Waals surface area contributed by atoms with Crippen LogP contribution in [0.2, 0.25) is 0 Å². The van der Waals surface area contributed by atoms with Crippen LogP contribution in [0.15, 0.2) is 41.4 Å². The number of carbonyl (C=O) groups excluding carboxylic acids is 1. The molecule has 0 atom stereocenters. The van der Waals surface area contributed by atoms with Gasteiger partial charge >= 0.3 is 5.97 Å². The number of carbonyl (C=O) groups is 2. The van der Waals surface area contributed by atoms with Crippen molar-refractivity contribution in [1.82, 2.24) is 9.97 Å². The number of anilines is 1. The van der Waals surface area contributed by atoms with E-state index < -0.39 is 11.9 Å². The number of amides is 1. The van der Waals surface area contributed by atoms with Crippen molar-refractivity contribution in [2.45, 2.75) is 0 Å². The lowest BCUT2D eigenvalue weighted by molar-refractivity contribution is 0.0696. The molecule has 0 unspecified atom stereocenters. The zero-order chi connectivity index (χ0) is 13.8. The molecule has 0 saturated carbocycles. The van der Waals surface area contributed by atoms with E-state index in [0.29, 0.717) is 10.2 Å². The van der Waals surface area contributed by atoms with Crippen molar-refractivity contribution >= 4 is 33.5 Å². The molecule has 2 rings (SSSR count). The quantitative estimate of drug-likeness (QED) is 0.904. The Morgan fingerprint density at radius 3 is 2.47 bits per heavy atom. The zero-order valence-electron chi connectivity index (χ0n) is 9.50. The molecule has 19 heavy (non-hydrogen) atoms. The molecule has 96 valence electrons. The molecule has 0 aliphatic rings. The zero-order valence-corrected chi connectivity index (χ0v) is 11.1. The Morgan fingerprint density at radius 2 is 1.84 bits per heavy atom. The number of aromatic carboxylic acids is 1. The predicted octanol–water partition coefficient (Wildman–Crippen LogP) is 2.19. The van der Waals surface area contributed by atoms with Crippen LogP contribution in [0, 0.1) is 0 Å². The molecule has 1 aromatic heterocycles. The molecule has 6 nitrogen and oxygen atoms in total. The van der Waals surface area contributed by atoms with Crippen LogP contribution in [0.5, 0.6) is 0 Å². The van der Waals surface area contributed by atoms with E-state index in [4.69, 9.17) is 5.11 Å². The maximum atomic E-state index is 11.9. The lowest BCUT2D eigenvalue weighted by atomic mass is 10.2. The van der Waals surface area contributed by atoms with E-state index in [1.165, 1.54) is 30.9 Å². The molecule has 0 radical (unpaired) electrons. The summed E-state index contributed by atoms with van der Waals surface area (Å²) >= 11 is 3.24. The van der Waals surface area contributed by atoms with Gasteiger partial charge in [0.1, 0.15) is 6.33 Å². The maximum Gasteiger partial charge on any atom is 0.335 e. The van der Waals surface area contributed by atoms with Gasteiger partial charge in [0.25, 0.3) is 5.91 Å². The highest BCUT2D eigenvalue weighted by Gasteiger charge is 2.11. The fourth-order valence-corrected chi connectivity index (χ4v) is 1.71. The number of aromatic nitrogens is 2. The van der Waals surface area contributed by atoms with Crippen LogP contribution in [0.3, 0.4) is 0 Å². The second kappa shape index (κ2) is 5.57. The molecular weight excluding hydrogens is 314 g/mol. The summed E-state index contributed by atoms with van der Waals surface area (Å²) in [6, 6.07) is 4.36. The molecule has 0 aliphatic heterocycles. The van der Waals surface area contributed by atoms with Crippen molar-refractivity contribution in [2.24, 2.45) is 0 Å². The minimum absolute atomic E-state index is 0.0859. The molecule has 1 amide bonds. The summed E-state index contributed by atoms with van der Waals surface area (Å²) in [7, 11) is 0. The Labute approximate surface area is 116 Å². The molecule has 2 aromatic rings. The van der Waals surface area contributed by atoms with Gasteiger partial charge in [-0.25, -0.2) is 14.8 Å². The van der Waals surface area contributed by atoms with E-state index >= 15 is 0 Å². The number of carboxylic acids is 1. The van der Waals surface area contributed by atoms with Crippen LogP contribution in [0.25, 0.3) is 0 Å². The van der Waals surface area contributed by atoms with Gasteiger partial charge in [-0.05, 0) is 34.1 Å². The first-order valence-corrected chi connectivity index (χ1v) is 5.96. The number of carboxylic acid groups (broad SMARTS) is 1. The molecule has 1 aromatic carbocycles. The Bertz CT molecular complexity index is 631. The summed E-state index contributed by atoms with van der Waals surface area (Å²) in [6.45, 7) is 0. The number of rotatable bonds is 3. The molecule has 1 heterocycles. The average molecular weight is 322 g/mol. The predicted molar refractivity (Wildman–Crippen MR) is 71.1 cm³/mol. The molecule has 0 bridgehead atoms. The van der Waals surface area contributed by atoms with Gasteiger partial charge in [0.15, 0.2) is 0 Å². The van der Waals surface area contributed by atoms with Crippen LogP contribution in [0.1, 0.15) is 20.7 Å². The third-order valence-corrected chi connectivity index (χ3v) is 2.98. The van der Waals surface area contributed by atoms with Crippen LogP contribution >= 0.6 is 15.9 Å². The summed E-state index contributed by atoms with van der Waals surface area (Å²) in [5.74, 6) is -1.48. The van der Waals surface area contributed by atoms with Crippen molar-refractivity contribution in [3.8, 4) is 0 Å². The first-order chi connectivity index (χ1) is 9.08. The van der Waals surface area contributed by atoms with Gasteiger partial charge in [0, 0.05) is 16.9 Å². The number of benzene rings is 1. The van der Waals surface area contributed by atoms with Gasteiger partial charge in [-0.1, -0.05) is 0 Å². The summed E-state index contributed by atoms with van der Waals surface area (Å²) in [6.07, 6.45) is 4.06. The van der Waals surface area contributed by atoms with E-state index in [0.717, 1.165) is 0 Å². The Kier molecular flexibility index (Phi) is 3.86. The van der Waals surface area contributed by atoms with Crippen LogP contribution < -0.4 is 5.32 Å². The van der Waals surface area contributed by atoms with Crippen molar-refractivity contribution in [3.05, 3.63) is 52.5 Å². The van der Waals surface area contributed by atoms with E-state index in [9.17, 15) is 9.59 Å². The molecule has 0 aliphatic carbocycles. The van der Waals surface area contributed by atoms with Gasteiger partial charge in [-0.15, -0.1) is 0 Å². The van der Waals surface area contributed by atoms with E-state index in [2.05, 4.69) is 31.2 Å². The van der Waals surface area contributed by atoms with Crippen LogP contribution in [0.4, 0.5) is 5.69 Å². The third kappa shape index (κ3) is 3.14. The van der Waals surface area contributed by atoms with E-state index in [1.807, 2.05) is 0 Å². The fourth-order valence-electron chi connectivity index (χ4n) is 1.36. The lowest BCUT2D eigenvalue weighted by Crippen LogP contribution is -2.13. The van der Waals surface area contributed by atoms with Gasteiger partial charge < -0.3 is 10.4 Å². The van der Waals surface area contributed by atoms with E-state index in [-0.39, 0.29) is 11.1 Å². The monoisotopic (exact) mass is 321 g/mol. The number of hydrogen-bond donors (Lipinski definition) is 2. The second-order valence-corrected chi connectivity index (χ2v) is 4.44. The van der Waals surface area contributed by atoms with Crippen molar-refractivity contribution < 1.29 is 14.7 Å². The van der Waals surface area contributed by atoms with Crippen LogP contribution in [-0.4, -0.2) is 27.0 Å². The summed E-state index contributed by atoms with van der Waals surface area (Å²) < 4.78 is 0.586. The summed E-state index contributed by atoms with van der Waals surface area (Å²) in [5.41, 5.74) is 0.742. The smallest absolute Gasteiger partial charge is 0.335 e. The SMILES string of the molecule is O=C(O)c1ccc(Br)c(NC(=O)c2cncnc2)c1. The van der Waals surface area contributed by atoms with Gasteiger partial charge in [0.05, 0.1) is 16.8 Å². The minimum atomic E-state index is -1.06. The largest absolute Gasteiger partial charge is 0.478 e. The number of nitrogens with one attached hydrogen (secondary N) is 1. The first kappa shape index (κ1) is 13.2. The maximum absolute atomic E-state index is 11.9.